The first-order valence-corrected chi connectivity index (χ1v) is 41.4. The number of aryl methyl sites for hydroxylation is 5. The Morgan fingerprint density at radius 2 is 0.720 bits per heavy atom. The fourth-order valence-corrected chi connectivity index (χ4v) is 12.6. The van der Waals surface area contributed by atoms with Crippen molar-refractivity contribution in [1.29, 1.82) is 0 Å². The van der Waals surface area contributed by atoms with Gasteiger partial charge in [-0.3, -0.25) is 9.59 Å². The number of allylic oxidation sites excluding steroid dienone is 2. The van der Waals surface area contributed by atoms with Crippen molar-refractivity contribution in [3.05, 3.63) is 348 Å². The van der Waals surface area contributed by atoms with Gasteiger partial charge in [0, 0.05) is 143 Å². The van der Waals surface area contributed by atoms with Gasteiger partial charge in [0.1, 0.15) is 90.5 Å². The van der Waals surface area contributed by atoms with E-state index in [1.54, 1.807) is 74.2 Å². The van der Waals surface area contributed by atoms with Crippen LogP contribution in [0.1, 0.15) is 118 Å². The minimum absolute atomic E-state index is 0.126. The molecule has 1 amide bonds. The number of aromatic hydroxyl groups is 1. The van der Waals surface area contributed by atoms with E-state index in [0.717, 1.165) is 121 Å². The Labute approximate surface area is 755 Å². The number of carbonyl (C=O) groups is 4. The van der Waals surface area contributed by atoms with E-state index in [0.29, 0.717) is 82.2 Å². The van der Waals surface area contributed by atoms with Gasteiger partial charge in [-0.15, -0.1) is 6.42 Å². The summed E-state index contributed by atoms with van der Waals surface area (Å²) in [5.41, 5.74) is 16.2. The molecule has 14 rings (SSSR count). The first-order chi connectivity index (χ1) is 60.1. The number of nitrogens with one attached hydrogen (secondary N) is 1. The van der Waals surface area contributed by atoms with Gasteiger partial charge in [-0.2, -0.15) is 0 Å². The lowest BCUT2D eigenvalue weighted by Gasteiger charge is -2.14. The number of ketones is 1. The van der Waals surface area contributed by atoms with E-state index in [1.807, 2.05) is 161 Å². The number of ether oxygens (including phenoxy) is 2. The van der Waals surface area contributed by atoms with Crippen LogP contribution in [-0.4, -0.2) is 127 Å². The number of pyridine rings is 6. The zero-order valence-electron chi connectivity index (χ0n) is 69.8. The van der Waals surface area contributed by atoms with E-state index < -0.39 is 11.9 Å². The average Bonchev–Trinajstić information content (AvgIpc) is 1.70. The lowest BCUT2D eigenvalue weighted by molar-refractivity contribution is -0.137. The zero-order chi connectivity index (χ0) is 89.9. The average molecular weight is 1800 g/mol. The van der Waals surface area contributed by atoms with Crippen LogP contribution < -0.4 is 14.8 Å². The maximum Gasteiger partial charge on any atom is 0.337 e. The highest BCUT2D eigenvalue weighted by molar-refractivity contribution is 6.31. The molecule has 642 valence electrons. The number of amides is 1. The Balaban J connectivity index is 0.000000175. The fraction of sp³-hybridized carbons (Fsp3) is 0.200. The van der Waals surface area contributed by atoms with Crippen LogP contribution in [0.15, 0.2) is 255 Å². The van der Waals surface area contributed by atoms with Crippen LogP contribution in [0.5, 0.6) is 17.2 Å². The topological polar surface area (TPSA) is 308 Å². The lowest BCUT2D eigenvalue weighted by Crippen LogP contribution is -2.23. The number of Topliss-reactive ketones (excluding diaryl/α,β-unsaturated/α-hetero) is 1. The summed E-state index contributed by atoms with van der Waals surface area (Å²) in [5.74, 6) is 5.75. The molecule has 0 saturated heterocycles. The summed E-state index contributed by atoms with van der Waals surface area (Å²) in [6.45, 7) is 19.4. The zero-order valence-corrected chi connectivity index (χ0v) is 74.3. The van der Waals surface area contributed by atoms with Crippen molar-refractivity contribution >= 4 is 93.2 Å². The number of nitrogens with zero attached hydrogens (tertiary/aromatic N) is 14. The van der Waals surface area contributed by atoms with Crippen molar-refractivity contribution in [3.8, 4) is 75.1 Å². The van der Waals surface area contributed by atoms with Crippen LogP contribution in [0.2, 0.25) is 30.9 Å². The Hall–Kier alpha value is -13.1. The second-order valence-electron chi connectivity index (χ2n) is 28.2. The van der Waals surface area contributed by atoms with Crippen molar-refractivity contribution in [2.75, 3.05) is 19.8 Å². The van der Waals surface area contributed by atoms with Crippen LogP contribution >= 0.6 is 69.6 Å². The number of imidazole rings is 4. The number of halogens is 6. The largest absolute Gasteiger partial charge is 0.508 e. The van der Waals surface area contributed by atoms with Crippen molar-refractivity contribution in [2.24, 2.45) is 0 Å². The molecule has 0 saturated carbocycles. The summed E-state index contributed by atoms with van der Waals surface area (Å²) < 4.78 is 20.5. The third-order valence-corrected chi connectivity index (χ3v) is 20.3. The van der Waals surface area contributed by atoms with Gasteiger partial charge in [0.15, 0.2) is 0 Å². The molecule has 4 aromatic carbocycles. The van der Waals surface area contributed by atoms with E-state index in [9.17, 15) is 24.3 Å². The van der Waals surface area contributed by atoms with Gasteiger partial charge >= 0.3 is 11.9 Å². The molecule has 0 aliphatic rings. The molecular formula is C95H91Cl6N15O9. The molecule has 0 atom stereocenters. The maximum atomic E-state index is 11.2. The fourth-order valence-electron chi connectivity index (χ4n) is 11.9. The van der Waals surface area contributed by atoms with Crippen molar-refractivity contribution in [2.45, 2.75) is 107 Å². The van der Waals surface area contributed by atoms with Gasteiger partial charge in [0.05, 0.1) is 37.3 Å². The summed E-state index contributed by atoms with van der Waals surface area (Å²) >= 11 is 34.5. The Kier molecular flexibility index (Phi) is 37.3. The number of aromatic nitrogens is 14. The minimum Gasteiger partial charge on any atom is -0.508 e. The normalized spacial score (nSPS) is 10.8. The maximum absolute atomic E-state index is 11.2. The molecule has 24 nitrogen and oxygen atoms in total. The minimum atomic E-state index is -0.996. The smallest absolute Gasteiger partial charge is 0.337 e. The summed E-state index contributed by atoms with van der Waals surface area (Å²) in [6.07, 6.45) is 27.8. The molecule has 30 heteroatoms. The van der Waals surface area contributed by atoms with Crippen molar-refractivity contribution in [1.82, 2.24) is 73.4 Å². The summed E-state index contributed by atoms with van der Waals surface area (Å²) in [4.78, 5) is 85.3. The van der Waals surface area contributed by atoms with Gasteiger partial charge < -0.3 is 53.2 Å². The Bertz CT molecular complexity index is 5710. The quantitative estimate of drug-likeness (QED) is 0.0211. The van der Waals surface area contributed by atoms with Gasteiger partial charge in [-0.1, -0.05) is 166 Å². The number of carboxylic acid groups (broad SMARTS) is 2. The van der Waals surface area contributed by atoms with E-state index >= 15 is 0 Å². The third-order valence-electron chi connectivity index (χ3n) is 18.9. The van der Waals surface area contributed by atoms with Crippen LogP contribution in [-0.2, 0) is 35.8 Å². The number of phenols is 1. The number of rotatable bonds is 27. The van der Waals surface area contributed by atoms with Gasteiger partial charge in [0.25, 0.3) is 5.91 Å². The molecule has 14 aromatic rings. The third kappa shape index (κ3) is 30.1. The summed E-state index contributed by atoms with van der Waals surface area (Å²) in [5, 5.41) is 32.1. The first kappa shape index (κ1) is 95.7. The standard InChI is InChI=1S/C24H26ClN3O2.C23H24ClN3O3.C17H16ClN3.C16H14ClN3O.C9H7ClN2O.C6H4ClNO2/c1-17(8-9-19(3)29)12-13-30-22-7-5-4-6-21(22)16-28-18(2)14-27-24(28)20-10-11-23(25)26-15-20;1-16(7-10-22(28)29)11-12-30-20-6-4-3-5-19(20)15-27-17(2)13-26-23(27)18-8-9-21(24)25-14-18;1-12-5-3-4-6-15(12)11-21-13(2)9-20-17(21)14-7-8-16(18)19-10-14;1-11-8-19-16(12-6-7-15(17)18-9-12)20(11)10-13-4-2-3-5-14(13)21;1-2-5-11-9(13)7-3-4-8(10)12-6-7;7-5-2-1-4(3-8-5)6(9)10/h4-7,10-12,14-15H,8-9,13,16H2,1-3H3;3-6,8-9,11,13-14H,7,10,12,15H2,1-2H3,(H,28,29);3-10H,11H2,1-2H3;2-9,21H,10H2,1H3;1,3-4,6H,5H2,(H,11,13);1-3H,(H,9,10)/b17-12+;16-11+;;;;. The monoisotopic (exact) mass is 1800 g/mol. The van der Waals surface area contributed by atoms with E-state index in [1.165, 1.54) is 35.7 Å². The highest BCUT2D eigenvalue weighted by Gasteiger charge is 2.18. The molecule has 0 aliphatic heterocycles. The SMILES string of the molecule is C#CCNC(=O)c1ccc(Cl)nc1.C/C(=C\COc1ccccc1Cn1c(C)cnc1-c1ccc(Cl)nc1)CCC(=O)O.CC(=O)CC/C(C)=C/COc1ccccc1Cn1c(C)cnc1-c1ccc(Cl)nc1.Cc1ccccc1Cn1c(C)cnc1-c1ccc(Cl)nc1.Cc1cnc(-c2ccc(Cl)nc2)n1Cc1ccccc1O.O=C(O)c1ccc(Cl)nc1. The van der Waals surface area contributed by atoms with E-state index in [-0.39, 0.29) is 36.0 Å². The number of benzene rings is 4. The van der Waals surface area contributed by atoms with Gasteiger partial charge in [-0.05, 0) is 183 Å². The van der Waals surface area contributed by atoms with E-state index in [2.05, 4.69) is 119 Å². The number of aromatic carboxylic acids is 1. The number of hydrogen-bond donors (Lipinski definition) is 4. The van der Waals surface area contributed by atoms with Gasteiger partial charge in [0.2, 0.25) is 0 Å². The number of phenolic OH excluding ortho intramolecular Hbond substituents is 1. The van der Waals surface area contributed by atoms with Crippen LogP contribution in [0.25, 0.3) is 45.6 Å². The second-order valence-corrected chi connectivity index (χ2v) is 30.6. The number of hydrogen-bond acceptors (Lipinski definition) is 17. The molecule has 0 fully saturated rings. The first-order valence-electron chi connectivity index (χ1n) is 39.1. The number of para-hydroxylation sites is 3. The van der Waals surface area contributed by atoms with Gasteiger partial charge in [-0.25, -0.2) is 54.6 Å². The molecule has 0 spiro atoms. The van der Waals surface area contributed by atoms with Crippen molar-refractivity contribution in [3.63, 3.8) is 0 Å². The number of carboxylic acids is 2. The van der Waals surface area contributed by atoms with Crippen LogP contribution in [0.3, 0.4) is 0 Å². The van der Waals surface area contributed by atoms with Crippen LogP contribution in [0.4, 0.5) is 0 Å². The summed E-state index contributed by atoms with van der Waals surface area (Å²) in [7, 11) is 0. The number of terminal acetylenes is 1. The molecule has 0 aliphatic carbocycles. The molecule has 0 unspecified atom stereocenters. The molecule has 10 aromatic heterocycles. The molecule has 4 N–H and O–H groups in total. The number of aliphatic carboxylic acids is 1. The van der Waals surface area contributed by atoms with E-state index in [4.69, 9.17) is 95.7 Å². The van der Waals surface area contributed by atoms with Crippen LogP contribution in [0, 0.1) is 47.0 Å². The highest BCUT2D eigenvalue weighted by Crippen LogP contribution is 2.31. The molecule has 0 bridgehead atoms. The molecule has 10 heterocycles. The lowest BCUT2D eigenvalue weighted by atomic mass is 10.1. The number of carbonyl (C=O) groups excluding carboxylic acids is 2. The predicted molar refractivity (Wildman–Crippen MR) is 491 cm³/mol. The molecule has 125 heavy (non-hydrogen) atoms. The Morgan fingerprint density at radius 3 is 1.06 bits per heavy atom. The predicted octanol–water partition coefficient (Wildman–Crippen LogP) is 21.3. The Morgan fingerprint density at radius 1 is 0.392 bits per heavy atom. The molecule has 0 radical (unpaired) electrons. The van der Waals surface area contributed by atoms with Crippen molar-refractivity contribution < 1.29 is 44.0 Å². The summed E-state index contributed by atoms with van der Waals surface area (Å²) in [6, 6.07) is 52.3. The second kappa shape index (κ2) is 48.7. The highest BCUT2D eigenvalue weighted by atomic mass is 35.5. The molecular weight excluding hydrogens is 1710 g/mol.